The van der Waals surface area contributed by atoms with Crippen molar-refractivity contribution in [3.05, 3.63) is 10.1 Å². The fourth-order valence-corrected chi connectivity index (χ4v) is 0.887. The number of hydrogen-bond donors (Lipinski definition) is 2. The van der Waals surface area contributed by atoms with Crippen molar-refractivity contribution in [3.8, 4) is 0 Å². The van der Waals surface area contributed by atoms with E-state index < -0.39 is 23.0 Å². The predicted octanol–water partition coefficient (Wildman–Crippen LogP) is 0.226. The predicted molar refractivity (Wildman–Crippen MR) is 39.1 cm³/mol. The highest BCUT2D eigenvalue weighted by atomic mass is 16.7. The zero-order valence-electron chi connectivity index (χ0n) is 6.69. The highest BCUT2D eigenvalue weighted by Crippen LogP contribution is 2.17. The fraction of sp³-hybridized carbons (Fsp3) is 0.833. The van der Waals surface area contributed by atoms with Crippen molar-refractivity contribution in [1.82, 2.24) is 0 Å². The molecule has 0 saturated heterocycles. The second-order valence-corrected chi connectivity index (χ2v) is 2.56. The van der Waals surface area contributed by atoms with Gasteiger partial charge in [-0.25, -0.2) is 0 Å². The molecule has 0 aliphatic rings. The molecular formula is C6H11NO5. The van der Waals surface area contributed by atoms with E-state index in [1.807, 2.05) is 0 Å². The summed E-state index contributed by atoms with van der Waals surface area (Å²) in [6.45, 7) is 1.64. The Hall–Kier alpha value is -1.17. The number of carboxylic acid groups (broad SMARTS) is 1. The lowest BCUT2D eigenvalue weighted by atomic mass is 10.1. The minimum atomic E-state index is -2.30. The van der Waals surface area contributed by atoms with Crippen LogP contribution in [0.2, 0.25) is 0 Å². The van der Waals surface area contributed by atoms with Gasteiger partial charge in [-0.1, -0.05) is 6.92 Å². The van der Waals surface area contributed by atoms with Gasteiger partial charge in [-0.3, -0.25) is 14.9 Å². The molecule has 0 unspecified atom stereocenters. The quantitative estimate of drug-likeness (QED) is 0.355. The topological polar surface area (TPSA) is 101 Å². The minimum absolute atomic E-state index is 0.147. The molecule has 0 aliphatic carbocycles. The molecule has 0 spiro atoms. The second kappa shape index (κ2) is 4.01. The summed E-state index contributed by atoms with van der Waals surface area (Å²) >= 11 is 0. The van der Waals surface area contributed by atoms with E-state index in [0.29, 0.717) is 6.42 Å². The van der Waals surface area contributed by atoms with Crippen LogP contribution in [-0.4, -0.2) is 26.8 Å². The first-order chi connectivity index (χ1) is 5.42. The van der Waals surface area contributed by atoms with Crippen LogP contribution in [0.1, 0.15) is 26.2 Å². The largest absolute Gasteiger partial charge is 0.481 e. The maximum Gasteiger partial charge on any atom is 0.332 e. The third kappa shape index (κ3) is 2.83. The Morgan fingerprint density at radius 1 is 1.67 bits per heavy atom. The van der Waals surface area contributed by atoms with E-state index in [-0.39, 0.29) is 6.42 Å². The molecule has 0 amide bonds. The molecule has 2 N–H and O–H groups in total. The van der Waals surface area contributed by atoms with E-state index in [1.54, 1.807) is 6.92 Å². The number of hydrogen-bond acceptors (Lipinski definition) is 4. The molecule has 0 aromatic rings. The molecule has 0 radical (unpaired) electrons. The number of nitrogens with zero attached hydrogens (tertiary/aromatic N) is 1. The molecule has 0 saturated carbocycles. The van der Waals surface area contributed by atoms with Crippen LogP contribution >= 0.6 is 0 Å². The number of rotatable bonds is 5. The van der Waals surface area contributed by atoms with Crippen LogP contribution in [0.15, 0.2) is 0 Å². The Morgan fingerprint density at radius 2 is 2.17 bits per heavy atom. The monoisotopic (exact) mass is 177 g/mol. The third-order valence-corrected chi connectivity index (χ3v) is 1.42. The summed E-state index contributed by atoms with van der Waals surface area (Å²) in [6.07, 6.45) is -0.634. The first-order valence-corrected chi connectivity index (χ1v) is 3.51. The highest BCUT2D eigenvalue weighted by molar-refractivity contribution is 5.67. The molecule has 0 aliphatic heterocycles. The van der Waals surface area contributed by atoms with Gasteiger partial charge in [0.25, 0.3) is 0 Å². The zero-order valence-corrected chi connectivity index (χ0v) is 6.69. The number of carboxylic acids is 1. The van der Waals surface area contributed by atoms with Gasteiger partial charge in [-0.2, -0.15) is 0 Å². The molecule has 0 fully saturated rings. The lowest BCUT2D eigenvalue weighted by Crippen LogP contribution is -2.40. The summed E-state index contributed by atoms with van der Waals surface area (Å²) in [5.41, 5.74) is -2.30. The Kier molecular flexibility index (Phi) is 3.62. The van der Waals surface area contributed by atoms with Gasteiger partial charge in [0.15, 0.2) is 0 Å². The average Bonchev–Trinajstić information content (AvgIpc) is 1.85. The SMILES string of the molecule is CCC[C@@](O)(CC(=O)O)[N+](=O)[O-]. The van der Waals surface area contributed by atoms with Gasteiger partial charge in [0, 0.05) is 6.42 Å². The maximum absolute atomic E-state index is 10.2. The molecule has 0 aromatic carbocycles. The van der Waals surface area contributed by atoms with Crippen LogP contribution in [0.5, 0.6) is 0 Å². The smallest absolute Gasteiger partial charge is 0.332 e. The third-order valence-electron chi connectivity index (χ3n) is 1.42. The van der Waals surface area contributed by atoms with E-state index in [4.69, 9.17) is 5.11 Å². The maximum atomic E-state index is 10.2. The van der Waals surface area contributed by atoms with E-state index in [9.17, 15) is 20.0 Å². The van der Waals surface area contributed by atoms with Crippen LogP contribution in [0, 0.1) is 10.1 Å². The van der Waals surface area contributed by atoms with Crippen molar-refractivity contribution in [1.29, 1.82) is 0 Å². The summed E-state index contributed by atoms with van der Waals surface area (Å²) in [5.74, 6) is -1.37. The molecular weight excluding hydrogens is 166 g/mol. The second-order valence-electron chi connectivity index (χ2n) is 2.56. The van der Waals surface area contributed by atoms with Crippen LogP contribution in [0.4, 0.5) is 0 Å². The molecule has 0 aromatic heterocycles. The average molecular weight is 177 g/mol. The summed E-state index contributed by atoms with van der Waals surface area (Å²) in [4.78, 5) is 19.4. The van der Waals surface area contributed by atoms with E-state index in [2.05, 4.69) is 0 Å². The lowest BCUT2D eigenvalue weighted by Gasteiger charge is -2.15. The fourth-order valence-electron chi connectivity index (χ4n) is 0.887. The Labute approximate surface area is 69.0 Å². The van der Waals surface area contributed by atoms with Crippen LogP contribution in [-0.2, 0) is 4.79 Å². The Morgan fingerprint density at radius 3 is 2.42 bits per heavy atom. The van der Waals surface area contributed by atoms with Gasteiger partial charge in [0.05, 0.1) is 4.92 Å². The summed E-state index contributed by atoms with van der Waals surface area (Å²) in [5, 5.41) is 27.7. The Bertz CT molecular complexity index is 192. The van der Waals surface area contributed by atoms with Crippen LogP contribution in [0.25, 0.3) is 0 Å². The number of aliphatic hydroxyl groups is 1. The van der Waals surface area contributed by atoms with Gasteiger partial charge in [0.1, 0.15) is 6.42 Å². The van der Waals surface area contributed by atoms with Gasteiger partial charge >= 0.3 is 11.7 Å². The van der Waals surface area contributed by atoms with Gasteiger partial charge in [-0.15, -0.1) is 0 Å². The number of aliphatic carboxylic acids is 1. The van der Waals surface area contributed by atoms with Crippen molar-refractivity contribution in [2.24, 2.45) is 0 Å². The van der Waals surface area contributed by atoms with Crippen molar-refractivity contribution >= 4 is 5.97 Å². The van der Waals surface area contributed by atoms with Gasteiger partial charge in [-0.05, 0) is 6.42 Å². The number of nitro groups is 1. The van der Waals surface area contributed by atoms with E-state index in [1.165, 1.54) is 0 Å². The van der Waals surface area contributed by atoms with Crippen molar-refractivity contribution in [3.63, 3.8) is 0 Å². The van der Waals surface area contributed by atoms with Crippen LogP contribution in [0.3, 0.4) is 0 Å². The molecule has 0 bridgehead atoms. The molecule has 6 nitrogen and oxygen atoms in total. The first-order valence-electron chi connectivity index (χ1n) is 3.51. The summed E-state index contributed by atoms with van der Waals surface area (Å²) in [6, 6.07) is 0. The molecule has 0 rings (SSSR count). The van der Waals surface area contributed by atoms with E-state index >= 15 is 0 Å². The molecule has 0 heterocycles. The molecule has 1 atom stereocenters. The van der Waals surface area contributed by atoms with Crippen molar-refractivity contribution in [2.45, 2.75) is 31.9 Å². The summed E-state index contributed by atoms with van der Waals surface area (Å²) < 4.78 is 0. The van der Waals surface area contributed by atoms with Gasteiger partial charge in [0.2, 0.25) is 0 Å². The van der Waals surface area contributed by atoms with E-state index in [0.717, 1.165) is 0 Å². The van der Waals surface area contributed by atoms with Crippen molar-refractivity contribution < 1.29 is 19.9 Å². The molecule has 6 heteroatoms. The van der Waals surface area contributed by atoms with Crippen molar-refractivity contribution in [2.75, 3.05) is 0 Å². The van der Waals surface area contributed by atoms with Crippen LogP contribution < -0.4 is 0 Å². The zero-order chi connectivity index (χ0) is 9.78. The molecule has 12 heavy (non-hydrogen) atoms. The molecule has 70 valence electrons. The lowest BCUT2D eigenvalue weighted by molar-refractivity contribution is -0.625. The normalized spacial score (nSPS) is 15.2. The minimum Gasteiger partial charge on any atom is -0.481 e. The number of carbonyl (C=O) groups is 1. The highest BCUT2D eigenvalue weighted by Gasteiger charge is 2.41. The Balaban J connectivity index is 4.38. The summed E-state index contributed by atoms with van der Waals surface area (Å²) in [7, 11) is 0. The standard InChI is InChI=1S/C6H11NO5/c1-2-3-6(10,7(11)12)4-5(8)9/h10H,2-4H2,1H3,(H,8,9)/t6-/m1/s1. The first kappa shape index (κ1) is 10.8. The van der Waals surface area contributed by atoms with Gasteiger partial charge < -0.3 is 10.2 Å².